The molecule has 0 spiro atoms. The Balaban J connectivity index is 1.57. The normalized spacial score (nSPS) is 11.2. The standard InChI is InChI=1S/C19H16N4O2S/c1-11-8-12(2)20-17-16(11)18(24)22-19(21-17)26-10-14-9-15(25-23-14)13-6-4-3-5-7-13/h3-9H,10H2,1-2H3,(H,20,21,22,24). The van der Waals surface area contributed by atoms with Gasteiger partial charge in [0.15, 0.2) is 16.6 Å². The highest BCUT2D eigenvalue weighted by molar-refractivity contribution is 7.98. The molecule has 3 heterocycles. The fraction of sp³-hybridized carbons (Fsp3) is 0.158. The molecule has 1 N–H and O–H groups in total. The first-order valence-electron chi connectivity index (χ1n) is 8.12. The molecule has 0 aliphatic carbocycles. The highest BCUT2D eigenvalue weighted by Gasteiger charge is 2.11. The second-order valence-corrected chi connectivity index (χ2v) is 6.95. The lowest BCUT2D eigenvalue weighted by molar-refractivity contribution is 0.426. The zero-order chi connectivity index (χ0) is 18.1. The molecule has 4 aromatic rings. The summed E-state index contributed by atoms with van der Waals surface area (Å²) < 4.78 is 5.40. The first-order valence-corrected chi connectivity index (χ1v) is 9.11. The number of hydrogen-bond acceptors (Lipinski definition) is 6. The third kappa shape index (κ3) is 3.25. The van der Waals surface area contributed by atoms with Crippen LogP contribution in [0.4, 0.5) is 0 Å². The fourth-order valence-corrected chi connectivity index (χ4v) is 3.53. The van der Waals surface area contributed by atoms with Crippen LogP contribution in [0.25, 0.3) is 22.4 Å². The van der Waals surface area contributed by atoms with Gasteiger partial charge in [0.2, 0.25) is 0 Å². The molecule has 0 saturated heterocycles. The van der Waals surface area contributed by atoms with E-state index >= 15 is 0 Å². The van der Waals surface area contributed by atoms with Crippen LogP contribution in [0.2, 0.25) is 0 Å². The van der Waals surface area contributed by atoms with Crippen molar-refractivity contribution in [2.45, 2.75) is 24.8 Å². The number of benzene rings is 1. The molecule has 0 atom stereocenters. The minimum Gasteiger partial charge on any atom is -0.356 e. The molecule has 0 unspecified atom stereocenters. The quantitative estimate of drug-likeness (QED) is 0.437. The third-order valence-corrected chi connectivity index (χ3v) is 4.86. The topological polar surface area (TPSA) is 84.7 Å². The van der Waals surface area contributed by atoms with Gasteiger partial charge < -0.3 is 9.51 Å². The van der Waals surface area contributed by atoms with E-state index in [-0.39, 0.29) is 5.56 Å². The third-order valence-electron chi connectivity index (χ3n) is 3.95. The van der Waals surface area contributed by atoms with Gasteiger partial charge in [0, 0.05) is 23.1 Å². The molecule has 0 radical (unpaired) electrons. The number of hydrogen-bond donors (Lipinski definition) is 1. The van der Waals surface area contributed by atoms with Crippen LogP contribution in [0.15, 0.2) is 56.9 Å². The van der Waals surface area contributed by atoms with Gasteiger partial charge in [-0.05, 0) is 25.5 Å². The van der Waals surface area contributed by atoms with Crippen molar-refractivity contribution in [3.63, 3.8) is 0 Å². The number of rotatable bonds is 4. The van der Waals surface area contributed by atoms with Crippen molar-refractivity contribution in [1.29, 1.82) is 0 Å². The fourth-order valence-electron chi connectivity index (χ4n) is 2.79. The van der Waals surface area contributed by atoms with Crippen molar-refractivity contribution in [2.24, 2.45) is 0 Å². The first-order chi connectivity index (χ1) is 12.6. The maximum absolute atomic E-state index is 12.3. The summed E-state index contributed by atoms with van der Waals surface area (Å²) in [4.78, 5) is 24.0. The number of thioether (sulfide) groups is 1. The zero-order valence-electron chi connectivity index (χ0n) is 14.3. The van der Waals surface area contributed by atoms with E-state index in [1.54, 1.807) is 0 Å². The Bertz CT molecular complexity index is 1140. The van der Waals surface area contributed by atoms with Crippen LogP contribution in [0.1, 0.15) is 17.0 Å². The minimum absolute atomic E-state index is 0.173. The molecule has 26 heavy (non-hydrogen) atoms. The molecule has 0 fully saturated rings. The van der Waals surface area contributed by atoms with Crippen LogP contribution < -0.4 is 5.56 Å². The zero-order valence-corrected chi connectivity index (χ0v) is 15.1. The molecule has 0 amide bonds. The molecule has 0 bridgehead atoms. The van der Waals surface area contributed by atoms with Crippen LogP contribution in [0, 0.1) is 13.8 Å². The molecule has 0 aliphatic heterocycles. The lowest BCUT2D eigenvalue weighted by atomic mass is 10.2. The van der Waals surface area contributed by atoms with Crippen LogP contribution >= 0.6 is 11.8 Å². The Kier molecular flexibility index (Phi) is 4.30. The molecular weight excluding hydrogens is 348 g/mol. The van der Waals surface area contributed by atoms with Gasteiger partial charge in [-0.15, -0.1) is 0 Å². The summed E-state index contributed by atoms with van der Waals surface area (Å²) in [5.41, 5.74) is 3.77. The van der Waals surface area contributed by atoms with E-state index in [4.69, 9.17) is 4.52 Å². The van der Waals surface area contributed by atoms with Crippen LogP contribution in [0.5, 0.6) is 0 Å². The summed E-state index contributed by atoms with van der Waals surface area (Å²) in [6, 6.07) is 13.6. The average molecular weight is 364 g/mol. The second-order valence-electron chi connectivity index (χ2n) is 5.99. The van der Waals surface area contributed by atoms with Crippen molar-refractivity contribution in [2.75, 3.05) is 0 Å². The number of pyridine rings is 1. The van der Waals surface area contributed by atoms with Gasteiger partial charge in [-0.25, -0.2) is 9.97 Å². The molecular formula is C19H16N4O2S. The van der Waals surface area contributed by atoms with E-state index in [1.165, 1.54) is 11.8 Å². The maximum Gasteiger partial charge on any atom is 0.261 e. The van der Waals surface area contributed by atoms with Gasteiger partial charge in [0.25, 0.3) is 5.56 Å². The minimum atomic E-state index is -0.173. The lowest BCUT2D eigenvalue weighted by Crippen LogP contribution is -2.12. The molecule has 0 aliphatic rings. The van der Waals surface area contributed by atoms with Crippen molar-refractivity contribution in [3.8, 4) is 11.3 Å². The monoisotopic (exact) mass is 364 g/mol. The maximum atomic E-state index is 12.3. The molecule has 3 aromatic heterocycles. The summed E-state index contributed by atoms with van der Waals surface area (Å²) in [7, 11) is 0. The smallest absolute Gasteiger partial charge is 0.261 e. The number of H-pyrrole nitrogens is 1. The molecule has 4 rings (SSSR count). The number of aromatic amines is 1. The average Bonchev–Trinajstić information content (AvgIpc) is 3.09. The summed E-state index contributed by atoms with van der Waals surface area (Å²) in [5.74, 6) is 1.25. The van der Waals surface area contributed by atoms with Crippen molar-refractivity contribution in [1.82, 2.24) is 20.1 Å². The van der Waals surface area contributed by atoms with E-state index in [1.807, 2.05) is 56.3 Å². The number of nitrogens with zero attached hydrogens (tertiary/aromatic N) is 3. The van der Waals surface area contributed by atoms with Crippen molar-refractivity contribution in [3.05, 3.63) is 69.8 Å². The van der Waals surface area contributed by atoms with E-state index in [2.05, 4.69) is 20.1 Å². The van der Waals surface area contributed by atoms with Crippen LogP contribution in [-0.4, -0.2) is 20.1 Å². The highest BCUT2D eigenvalue weighted by Crippen LogP contribution is 2.24. The molecule has 0 saturated carbocycles. The van der Waals surface area contributed by atoms with Crippen LogP contribution in [0.3, 0.4) is 0 Å². The Labute approximate surface area is 153 Å². The predicted octanol–water partition coefficient (Wildman–Crippen LogP) is 3.88. The SMILES string of the molecule is Cc1cc(C)c2c(=O)[nH]c(SCc3cc(-c4ccccc4)on3)nc2n1. The summed E-state index contributed by atoms with van der Waals surface area (Å²) in [5, 5.41) is 5.14. The molecule has 130 valence electrons. The summed E-state index contributed by atoms with van der Waals surface area (Å²) in [6.45, 7) is 3.78. The first kappa shape index (κ1) is 16.5. The summed E-state index contributed by atoms with van der Waals surface area (Å²) >= 11 is 1.39. The number of aromatic nitrogens is 4. The molecule has 6 nitrogen and oxygen atoms in total. The number of aryl methyl sites for hydroxylation is 2. The summed E-state index contributed by atoms with van der Waals surface area (Å²) in [6.07, 6.45) is 0. The van der Waals surface area contributed by atoms with Crippen LogP contribution in [-0.2, 0) is 5.75 Å². The Morgan fingerprint density at radius 1 is 1.12 bits per heavy atom. The van der Waals surface area contributed by atoms with Gasteiger partial charge >= 0.3 is 0 Å². The number of nitrogens with one attached hydrogen (secondary N) is 1. The molecule has 7 heteroatoms. The lowest BCUT2D eigenvalue weighted by Gasteiger charge is -2.04. The highest BCUT2D eigenvalue weighted by atomic mass is 32.2. The van der Waals surface area contributed by atoms with Gasteiger partial charge in [-0.3, -0.25) is 4.79 Å². The second kappa shape index (κ2) is 6.76. The van der Waals surface area contributed by atoms with E-state index < -0.39 is 0 Å². The van der Waals surface area contributed by atoms with Gasteiger partial charge in [0.05, 0.1) is 11.1 Å². The van der Waals surface area contributed by atoms with Gasteiger partial charge in [0.1, 0.15) is 0 Å². The largest absolute Gasteiger partial charge is 0.356 e. The van der Waals surface area contributed by atoms with E-state index in [9.17, 15) is 4.79 Å². The predicted molar refractivity (Wildman–Crippen MR) is 101 cm³/mol. The van der Waals surface area contributed by atoms with E-state index in [0.717, 1.165) is 22.5 Å². The Morgan fingerprint density at radius 2 is 1.92 bits per heavy atom. The van der Waals surface area contributed by atoms with E-state index in [0.29, 0.717) is 27.7 Å². The Morgan fingerprint density at radius 3 is 2.73 bits per heavy atom. The van der Waals surface area contributed by atoms with Gasteiger partial charge in [-0.2, -0.15) is 0 Å². The number of fused-ring (bicyclic) bond motifs is 1. The molecule has 1 aromatic carbocycles. The van der Waals surface area contributed by atoms with Crippen molar-refractivity contribution >= 4 is 22.8 Å². The van der Waals surface area contributed by atoms with Gasteiger partial charge in [-0.1, -0.05) is 47.3 Å². The van der Waals surface area contributed by atoms with Crippen molar-refractivity contribution < 1.29 is 4.52 Å². The Hall–Kier alpha value is -2.93.